The van der Waals surface area contributed by atoms with Crippen LogP contribution in [0.4, 0.5) is 0 Å². The van der Waals surface area contributed by atoms with Crippen molar-refractivity contribution in [3.63, 3.8) is 0 Å². The molecule has 17 heavy (non-hydrogen) atoms. The standard InChI is InChI=1S/C13H19N3O/c1-8-16-10-7-9(5-6-11(10)17-8)12(15-4)13(2,3)14/h5-7,12,15H,14H2,1-4H3. The number of nitrogens with two attached hydrogens (primary N) is 1. The SMILES string of the molecule is CNC(c1ccc2oc(C)nc2c1)C(C)(C)N. The van der Waals surface area contributed by atoms with Crippen molar-refractivity contribution in [3.05, 3.63) is 29.7 Å². The molecule has 92 valence electrons. The Kier molecular flexibility index (Phi) is 2.93. The summed E-state index contributed by atoms with van der Waals surface area (Å²) in [6.45, 7) is 5.86. The van der Waals surface area contributed by atoms with Crippen LogP contribution in [-0.2, 0) is 0 Å². The number of hydrogen-bond donors (Lipinski definition) is 2. The molecule has 0 aliphatic heterocycles. The van der Waals surface area contributed by atoms with E-state index in [4.69, 9.17) is 10.2 Å². The highest BCUT2D eigenvalue weighted by Gasteiger charge is 2.25. The van der Waals surface area contributed by atoms with Crippen molar-refractivity contribution < 1.29 is 4.42 Å². The summed E-state index contributed by atoms with van der Waals surface area (Å²) in [5, 5.41) is 3.25. The molecule has 0 fully saturated rings. The lowest BCUT2D eigenvalue weighted by Gasteiger charge is -2.30. The van der Waals surface area contributed by atoms with E-state index in [2.05, 4.69) is 10.3 Å². The topological polar surface area (TPSA) is 64.1 Å². The Balaban J connectivity index is 2.47. The fraction of sp³-hybridized carbons (Fsp3) is 0.462. The minimum atomic E-state index is -0.332. The smallest absolute Gasteiger partial charge is 0.192 e. The first-order chi connectivity index (χ1) is 7.91. The third-order valence-corrected chi connectivity index (χ3v) is 2.88. The summed E-state index contributed by atoms with van der Waals surface area (Å²) in [7, 11) is 1.91. The molecule has 0 radical (unpaired) electrons. The van der Waals surface area contributed by atoms with E-state index in [-0.39, 0.29) is 11.6 Å². The van der Waals surface area contributed by atoms with Gasteiger partial charge in [0.25, 0.3) is 0 Å². The molecule has 2 aromatic rings. The van der Waals surface area contributed by atoms with E-state index in [1.165, 1.54) is 0 Å². The van der Waals surface area contributed by atoms with Gasteiger partial charge in [0.1, 0.15) is 5.52 Å². The first-order valence-corrected chi connectivity index (χ1v) is 5.75. The fourth-order valence-corrected chi connectivity index (χ4v) is 2.21. The van der Waals surface area contributed by atoms with Gasteiger partial charge in [-0.3, -0.25) is 0 Å². The van der Waals surface area contributed by atoms with Gasteiger partial charge in [0.15, 0.2) is 11.5 Å². The van der Waals surface area contributed by atoms with E-state index in [9.17, 15) is 0 Å². The van der Waals surface area contributed by atoms with Gasteiger partial charge >= 0.3 is 0 Å². The van der Waals surface area contributed by atoms with E-state index in [1.54, 1.807) is 0 Å². The van der Waals surface area contributed by atoms with E-state index < -0.39 is 0 Å². The van der Waals surface area contributed by atoms with Crippen LogP contribution in [0.2, 0.25) is 0 Å². The largest absolute Gasteiger partial charge is 0.441 e. The van der Waals surface area contributed by atoms with Crippen LogP contribution in [0, 0.1) is 6.92 Å². The Bertz CT molecular complexity index is 525. The average molecular weight is 233 g/mol. The minimum Gasteiger partial charge on any atom is -0.441 e. The minimum absolute atomic E-state index is 0.0870. The molecule has 0 aliphatic rings. The molecular formula is C13H19N3O. The Hall–Kier alpha value is -1.39. The van der Waals surface area contributed by atoms with E-state index in [1.807, 2.05) is 46.0 Å². The number of oxazole rings is 1. The van der Waals surface area contributed by atoms with Crippen LogP contribution in [0.3, 0.4) is 0 Å². The van der Waals surface area contributed by atoms with Crippen molar-refractivity contribution in [2.45, 2.75) is 32.4 Å². The Morgan fingerprint density at radius 2 is 2.12 bits per heavy atom. The number of aromatic nitrogens is 1. The van der Waals surface area contributed by atoms with Crippen LogP contribution in [0.5, 0.6) is 0 Å². The van der Waals surface area contributed by atoms with Crippen molar-refractivity contribution in [2.75, 3.05) is 7.05 Å². The molecule has 2 rings (SSSR count). The Labute approximate surface area is 101 Å². The van der Waals surface area contributed by atoms with Gasteiger partial charge in [0.2, 0.25) is 0 Å². The van der Waals surface area contributed by atoms with Crippen LogP contribution in [0.15, 0.2) is 22.6 Å². The molecule has 0 amide bonds. The number of nitrogens with one attached hydrogen (secondary N) is 1. The first kappa shape index (κ1) is 12.1. The lowest BCUT2D eigenvalue weighted by Crippen LogP contribution is -2.45. The van der Waals surface area contributed by atoms with Crippen LogP contribution >= 0.6 is 0 Å². The zero-order valence-electron chi connectivity index (χ0n) is 10.7. The molecule has 1 atom stereocenters. The number of likely N-dealkylation sites (N-methyl/N-ethyl adjacent to an activating group) is 1. The number of aryl methyl sites for hydroxylation is 1. The second kappa shape index (κ2) is 4.13. The van der Waals surface area contributed by atoms with E-state index in [0.29, 0.717) is 5.89 Å². The summed E-state index contributed by atoms with van der Waals surface area (Å²) in [5.41, 5.74) is 8.65. The maximum absolute atomic E-state index is 6.17. The predicted octanol–water partition coefficient (Wildman–Crippen LogP) is 2.13. The molecule has 0 spiro atoms. The lowest BCUT2D eigenvalue weighted by atomic mass is 9.89. The molecule has 3 N–H and O–H groups in total. The quantitative estimate of drug-likeness (QED) is 0.852. The van der Waals surface area contributed by atoms with E-state index in [0.717, 1.165) is 16.7 Å². The summed E-state index contributed by atoms with van der Waals surface area (Å²) in [5.74, 6) is 0.685. The molecule has 0 saturated carbocycles. The van der Waals surface area contributed by atoms with Crippen LogP contribution < -0.4 is 11.1 Å². The second-order valence-corrected chi connectivity index (χ2v) is 5.00. The average Bonchev–Trinajstić information content (AvgIpc) is 2.56. The zero-order valence-corrected chi connectivity index (χ0v) is 10.7. The predicted molar refractivity (Wildman–Crippen MR) is 68.8 cm³/mol. The van der Waals surface area contributed by atoms with E-state index >= 15 is 0 Å². The molecule has 0 saturated heterocycles. The zero-order chi connectivity index (χ0) is 12.6. The number of nitrogens with zero attached hydrogens (tertiary/aromatic N) is 1. The Morgan fingerprint density at radius 3 is 2.71 bits per heavy atom. The monoisotopic (exact) mass is 233 g/mol. The van der Waals surface area contributed by atoms with Gasteiger partial charge in [-0.15, -0.1) is 0 Å². The molecule has 4 nitrogen and oxygen atoms in total. The molecule has 0 bridgehead atoms. The molecule has 4 heteroatoms. The summed E-state index contributed by atoms with van der Waals surface area (Å²) >= 11 is 0. The number of fused-ring (bicyclic) bond motifs is 1. The molecule has 1 unspecified atom stereocenters. The fourth-order valence-electron chi connectivity index (χ4n) is 2.21. The third-order valence-electron chi connectivity index (χ3n) is 2.88. The second-order valence-electron chi connectivity index (χ2n) is 5.00. The highest BCUT2D eigenvalue weighted by atomic mass is 16.3. The molecule has 1 heterocycles. The molecule has 1 aromatic heterocycles. The number of benzene rings is 1. The highest BCUT2D eigenvalue weighted by Crippen LogP contribution is 2.26. The normalized spacial score (nSPS) is 14.2. The van der Waals surface area contributed by atoms with Gasteiger partial charge in [0.05, 0.1) is 0 Å². The van der Waals surface area contributed by atoms with Gasteiger partial charge in [-0.05, 0) is 38.6 Å². The van der Waals surface area contributed by atoms with Crippen molar-refractivity contribution >= 4 is 11.1 Å². The van der Waals surface area contributed by atoms with Crippen molar-refractivity contribution in [1.29, 1.82) is 0 Å². The van der Waals surface area contributed by atoms with Gasteiger partial charge < -0.3 is 15.5 Å². The first-order valence-electron chi connectivity index (χ1n) is 5.75. The number of rotatable bonds is 3. The maximum atomic E-state index is 6.17. The van der Waals surface area contributed by atoms with Crippen molar-refractivity contribution in [3.8, 4) is 0 Å². The van der Waals surface area contributed by atoms with Crippen LogP contribution in [-0.4, -0.2) is 17.6 Å². The lowest BCUT2D eigenvalue weighted by molar-refractivity contribution is 0.370. The summed E-state index contributed by atoms with van der Waals surface area (Å²) in [4.78, 5) is 4.34. The number of hydrogen-bond acceptors (Lipinski definition) is 4. The van der Waals surface area contributed by atoms with Crippen LogP contribution in [0.25, 0.3) is 11.1 Å². The van der Waals surface area contributed by atoms with Crippen LogP contribution in [0.1, 0.15) is 31.3 Å². The molecule has 1 aromatic carbocycles. The van der Waals surface area contributed by atoms with Gasteiger partial charge in [-0.2, -0.15) is 0 Å². The summed E-state index contributed by atoms with van der Waals surface area (Å²) < 4.78 is 5.46. The van der Waals surface area contributed by atoms with Crippen molar-refractivity contribution in [1.82, 2.24) is 10.3 Å². The van der Waals surface area contributed by atoms with Crippen molar-refractivity contribution in [2.24, 2.45) is 5.73 Å². The summed E-state index contributed by atoms with van der Waals surface area (Å²) in [6, 6.07) is 6.09. The maximum Gasteiger partial charge on any atom is 0.192 e. The molecule has 0 aliphatic carbocycles. The molecular weight excluding hydrogens is 214 g/mol. The van der Waals surface area contributed by atoms with Gasteiger partial charge in [-0.25, -0.2) is 4.98 Å². The van der Waals surface area contributed by atoms with Gasteiger partial charge in [0, 0.05) is 18.5 Å². The Morgan fingerprint density at radius 1 is 1.41 bits per heavy atom. The summed E-state index contributed by atoms with van der Waals surface area (Å²) in [6.07, 6.45) is 0. The highest BCUT2D eigenvalue weighted by molar-refractivity contribution is 5.73. The van der Waals surface area contributed by atoms with Gasteiger partial charge in [-0.1, -0.05) is 6.07 Å². The third kappa shape index (κ3) is 2.33.